The third-order valence-corrected chi connectivity index (χ3v) is 5.28. The van der Waals surface area contributed by atoms with Crippen molar-refractivity contribution in [3.05, 3.63) is 53.7 Å². The Hall–Kier alpha value is 0.190. The molecule has 19 heavy (non-hydrogen) atoms. The molecule has 0 amide bonds. The van der Waals surface area contributed by atoms with E-state index in [1.807, 2.05) is 18.2 Å². The van der Waals surface area contributed by atoms with Gasteiger partial charge in [-0.15, -0.1) is 11.3 Å². The Kier molecular flexibility index (Phi) is 5.96. The van der Waals surface area contributed by atoms with Crippen LogP contribution in [-0.4, -0.2) is 6.54 Å². The summed E-state index contributed by atoms with van der Waals surface area (Å²) in [6, 6.07) is 8.13. The molecular formula is C14H14Cl2INS. The molecule has 0 aliphatic rings. The fourth-order valence-electron chi connectivity index (χ4n) is 1.98. The second-order valence-corrected chi connectivity index (χ2v) is 7.88. The third-order valence-electron chi connectivity index (χ3n) is 2.87. The molecule has 0 aliphatic carbocycles. The number of thiophene rings is 1. The molecule has 0 radical (unpaired) electrons. The van der Waals surface area contributed by atoms with E-state index in [1.54, 1.807) is 11.3 Å². The van der Waals surface area contributed by atoms with E-state index in [2.05, 4.69) is 46.3 Å². The Labute approximate surface area is 141 Å². The molecule has 5 heteroatoms. The van der Waals surface area contributed by atoms with Gasteiger partial charge in [0, 0.05) is 16.1 Å². The summed E-state index contributed by atoms with van der Waals surface area (Å²) in [6.07, 6.45) is 0.847. The summed E-state index contributed by atoms with van der Waals surface area (Å²) >= 11 is 16.4. The minimum atomic E-state index is 0.278. The van der Waals surface area contributed by atoms with Gasteiger partial charge in [0.05, 0.1) is 2.88 Å². The number of rotatable bonds is 5. The maximum absolute atomic E-state index is 6.25. The van der Waals surface area contributed by atoms with Crippen LogP contribution in [0.3, 0.4) is 0 Å². The van der Waals surface area contributed by atoms with Crippen molar-refractivity contribution < 1.29 is 0 Å². The second-order valence-electron chi connectivity index (χ2n) is 4.23. The Morgan fingerprint density at radius 3 is 2.74 bits per heavy atom. The lowest BCUT2D eigenvalue weighted by Crippen LogP contribution is -2.22. The van der Waals surface area contributed by atoms with E-state index in [9.17, 15) is 0 Å². The van der Waals surface area contributed by atoms with Crippen molar-refractivity contribution in [1.82, 2.24) is 5.32 Å². The highest BCUT2D eigenvalue weighted by Gasteiger charge is 2.14. The van der Waals surface area contributed by atoms with Gasteiger partial charge in [-0.1, -0.05) is 30.1 Å². The molecule has 2 rings (SSSR count). The van der Waals surface area contributed by atoms with Crippen molar-refractivity contribution in [2.75, 3.05) is 6.54 Å². The molecule has 2 aromatic rings. The molecule has 1 unspecified atom stereocenters. The van der Waals surface area contributed by atoms with Crippen LogP contribution in [-0.2, 0) is 6.42 Å². The van der Waals surface area contributed by atoms with Crippen LogP contribution in [0.2, 0.25) is 10.0 Å². The quantitative estimate of drug-likeness (QED) is 0.619. The first-order chi connectivity index (χ1) is 9.10. The Balaban J connectivity index is 2.23. The first-order valence-electron chi connectivity index (χ1n) is 6.01. The average Bonchev–Trinajstić information content (AvgIpc) is 2.80. The highest BCUT2D eigenvalue weighted by molar-refractivity contribution is 14.1. The van der Waals surface area contributed by atoms with Gasteiger partial charge in [-0.25, -0.2) is 0 Å². The summed E-state index contributed by atoms with van der Waals surface area (Å²) in [5.74, 6) is 0. The molecule has 1 aromatic carbocycles. The standard InChI is InChI=1S/C14H14Cl2INS/c1-2-18-13(10-7-14(17)19-8-10)6-9-5-11(15)3-4-12(9)16/h3-5,7-8,13,18H,2,6H2,1H3. The van der Waals surface area contributed by atoms with Crippen LogP contribution in [0.15, 0.2) is 29.6 Å². The predicted octanol–water partition coefficient (Wildman–Crippen LogP) is 5.55. The molecule has 1 atom stereocenters. The predicted molar refractivity (Wildman–Crippen MR) is 93.6 cm³/mol. The summed E-state index contributed by atoms with van der Waals surface area (Å²) < 4.78 is 1.30. The van der Waals surface area contributed by atoms with Crippen LogP contribution < -0.4 is 5.32 Å². The minimum Gasteiger partial charge on any atom is -0.310 e. The first kappa shape index (κ1) is 15.6. The Bertz CT molecular complexity index is 556. The number of hydrogen-bond acceptors (Lipinski definition) is 2. The Morgan fingerprint density at radius 1 is 1.32 bits per heavy atom. The van der Waals surface area contributed by atoms with Gasteiger partial charge in [0.1, 0.15) is 0 Å². The lowest BCUT2D eigenvalue weighted by Gasteiger charge is -2.18. The van der Waals surface area contributed by atoms with E-state index in [0.29, 0.717) is 0 Å². The fraction of sp³-hybridized carbons (Fsp3) is 0.286. The molecule has 102 valence electrons. The zero-order chi connectivity index (χ0) is 13.8. The number of hydrogen-bond donors (Lipinski definition) is 1. The molecule has 0 saturated carbocycles. The molecule has 0 fully saturated rings. The van der Waals surface area contributed by atoms with Crippen LogP contribution in [0.5, 0.6) is 0 Å². The van der Waals surface area contributed by atoms with Crippen LogP contribution >= 0.6 is 57.1 Å². The van der Waals surface area contributed by atoms with Crippen molar-refractivity contribution in [2.45, 2.75) is 19.4 Å². The van der Waals surface area contributed by atoms with E-state index < -0.39 is 0 Å². The van der Waals surface area contributed by atoms with Gasteiger partial charge < -0.3 is 5.32 Å². The van der Waals surface area contributed by atoms with Gasteiger partial charge in [-0.05, 0) is 76.3 Å². The van der Waals surface area contributed by atoms with Crippen molar-refractivity contribution in [3.8, 4) is 0 Å². The van der Waals surface area contributed by atoms with E-state index in [4.69, 9.17) is 23.2 Å². The molecule has 0 aliphatic heterocycles. The second kappa shape index (κ2) is 7.27. The first-order valence-corrected chi connectivity index (χ1v) is 8.72. The highest BCUT2D eigenvalue weighted by atomic mass is 127. The third kappa shape index (κ3) is 4.33. The van der Waals surface area contributed by atoms with Gasteiger partial charge >= 0.3 is 0 Å². The van der Waals surface area contributed by atoms with E-state index >= 15 is 0 Å². The number of halogens is 3. The summed E-state index contributed by atoms with van der Waals surface area (Å²) in [4.78, 5) is 0. The van der Waals surface area contributed by atoms with Crippen LogP contribution in [0.1, 0.15) is 24.1 Å². The van der Waals surface area contributed by atoms with Gasteiger partial charge in [-0.3, -0.25) is 0 Å². The lowest BCUT2D eigenvalue weighted by molar-refractivity contribution is 0.551. The molecular weight excluding hydrogens is 412 g/mol. The van der Waals surface area contributed by atoms with E-state index in [1.165, 1.54) is 8.45 Å². The van der Waals surface area contributed by atoms with Crippen molar-refractivity contribution in [2.24, 2.45) is 0 Å². The van der Waals surface area contributed by atoms with Crippen molar-refractivity contribution in [3.63, 3.8) is 0 Å². The summed E-state index contributed by atoms with van der Waals surface area (Å²) in [5, 5.41) is 7.22. The monoisotopic (exact) mass is 425 g/mol. The van der Waals surface area contributed by atoms with Crippen molar-refractivity contribution in [1.29, 1.82) is 0 Å². The maximum Gasteiger partial charge on any atom is 0.0656 e. The fourth-order valence-corrected chi connectivity index (χ4v) is 3.80. The zero-order valence-electron chi connectivity index (χ0n) is 10.4. The normalized spacial score (nSPS) is 12.6. The van der Waals surface area contributed by atoms with Gasteiger partial charge in [0.2, 0.25) is 0 Å². The average molecular weight is 426 g/mol. The Morgan fingerprint density at radius 2 is 2.11 bits per heavy atom. The topological polar surface area (TPSA) is 12.0 Å². The molecule has 1 aromatic heterocycles. The molecule has 1 N–H and O–H groups in total. The van der Waals surface area contributed by atoms with Crippen LogP contribution in [0.4, 0.5) is 0 Å². The molecule has 1 nitrogen and oxygen atoms in total. The molecule has 1 heterocycles. The number of likely N-dealkylation sites (N-methyl/N-ethyl adjacent to an activating group) is 1. The van der Waals surface area contributed by atoms with Gasteiger partial charge in [-0.2, -0.15) is 0 Å². The number of benzene rings is 1. The van der Waals surface area contributed by atoms with Crippen LogP contribution in [0.25, 0.3) is 0 Å². The smallest absolute Gasteiger partial charge is 0.0656 e. The SMILES string of the molecule is CCNC(Cc1cc(Cl)ccc1Cl)c1csc(I)c1. The van der Waals surface area contributed by atoms with Gasteiger partial charge in [0.15, 0.2) is 0 Å². The molecule has 0 spiro atoms. The van der Waals surface area contributed by atoms with Gasteiger partial charge in [0.25, 0.3) is 0 Å². The molecule has 0 bridgehead atoms. The van der Waals surface area contributed by atoms with E-state index in [0.717, 1.165) is 28.6 Å². The largest absolute Gasteiger partial charge is 0.310 e. The maximum atomic E-state index is 6.25. The summed E-state index contributed by atoms with van der Waals surface area (Å²) in [5.41, 5.74) is 2.40. The summed E-state index contributed by atoms with van der Waals surface area (Å²) in [6.45, 7) is 3.04. The van der Waals surface area contributed by atoms with Crippen molar-refractivity contribution >= 4 is 57.1 Å². The lowest BCUT2D eigenvalue weighted by atomic mass is 10.0. The minimum absolute atomic E-state index is 0.278. The number of nitrogens with one attached hydrogen (secondary N) is 1. The highest BCUT2D eigenvalue weighted by Crippen LogP contribution is 2.29. The van der Waals surface area contributed by atoms with Crippen LogP contribution in [0, 0.1) is 2.88 Å². The van der Waals surface area contributed by atoms with E-state index in [-0.39, 0.29) is 6.04 Å². The summed E-state index contributed by atoms with van der Waals surface area (Å²) in [7, 11) is 0. The molecule has 0 saturated heterocycles. The zero-order valence-corrected chi connectivity index (χ0v) is 14.9.